The molecule has 3 aromatic heterocycles. The molecular weight excluding hydrogens is 364 g/mol. The number of carbonyl (C=O) groups is 1. The van der Waals surface area contributed by atoms with Crippen molar-refractivity contribution in [1.82, 2.24) is 29.9 Å². The van der Waals surface area contributed by atoms with Crippen molar-refractivity contribution in [2.24, 2.45) is 7.05 Å². The number of hydrogen-bond acceptors (Lipinski definition) is 4. The van der Waals surface area contributed by atoms with Crippen molar-refractivity contribution in [2.75, 3.05) is 6.54 Å². The van der Waals surface area contributed by atoms with Crippen LogP contribution in [0.5, 0.6) is 0 Å². The normalized spacial score (nSPS) is 11.1. The number of hydrogen-bond donors (Lipinski definition) is 1. The summed E-state index contributed by atoms with van der Waals surface area (Å²) in [4.78, 5) is 17.8. The van der Waals surface area contributed by atoms with E-state index in [2.05, 4.69) is 15.5 Å². The second-order valence-corrected chi connectivity index (χ2v) is 7.22. The monoisotopic (exact) mass is 388 g/mol. The third kappa shape index (κ3) is 3.89. The molecule has 1 N–H and O–H groups in total. The molecule has 0 saturated carbocycles. The molecule has 0 fully saturated rings. The molecule has 0 aliphatic heterocycles. The Balaban J connectivity index is 1.58. The van der Waals surface area contributed by atoms with Crippen molar-refractivity contribution in [2.45, 2.75) is 26.8 Å². The first-order valence-corrected chi connectivity index (χ1v) is 9.70. The van der Waals surface area contributed by atoms with E-state index in [-0.39, 0.29) is 5.91 Å². The highest BCUT2D eigenvalue weighted by Crippen LogP contribution is 2.26. The number of nitrogens with zero attached hydrogens (tertiary/aromatic N) is 5. The number of amides is 1. The average Bonchev–Trinajstić information content (AvgIpc) is 3.27. The number of nitrogens with one attached hydrogen (secondary N) is 1. The smallest absolute Gasteiger partial charge is 0.252 e. The number of fused-ring (bicyclic) bond motifs is 1. The molecule has 0 spiro atoms. The summed E-state index contributed by atoms with van der Waals surface area (Å²) in [7, 11) is 1.85. The molecule has 4 rings (SSSR count). The lowest BCUT2D eigenvalue weighted by Crippen LogP contribution is -2.25. The molecule has 148 valence electrons. The second-order valence-electron chi connectivity index (χ2n) is 7.22. The minimum atomic E-state index is -0.109. The first-order chi connectivity index (χ1) is 14.0. The molecule has 0 unspecified atom stereocenters. The van der Waals surface area contributed by atoms with E-state index in [4.69, 9.17) is 4.98 Å². The molecule has 3 heterocycles. The first-order valence-electron chi connectivity index (χ1n) is 9.70. The topological polar surface area (TPSA) is 77.6 Å². The fourth-order valence-corrected chi connectivity index (χ4v) is 3.51. The predicted octanol–water partition coefficient (Wildman–Crippen LogP) is 3.27. The zero-order valence-electron chi connectivity index (χ0n) is 16.9. The molecule has 0 saturated heterocycles. The van der Waals surface area contributed by atoms with E-state index in [0.29, 0.717) is 17.8 Å². The van der Waals surface area contributed by atoms with Crippen LogP contribution < -0.4 is 5.32 Å². The van der Waals surface area contributed by atoms with Gasteiger partial charge < -0.3 is 5.32 Å². The molecule has 7 heteroatoms. The van der Waals surface area contributed by atoms with E-state index in [1.165, 1.54) is 0 Å². The van der Waals surface area contributed by atoms with E-state index < -0.39 is 0 Å². The molecule has 1 aromatic carbocycles. The van der Waals surface area contributed by atoms with Crippen molar-refractivity contribution in [3.63, 3.8) is 0 Å². The highest BCUT2D eigenvalue weighted by Gasteiger charge is 2.19. The zero-order valence-corrected chi connectivity index (χ0v) is 16.9. The van der Waals surface area contributed by atoms with Gasteiger partial charge in [0.05, 0.1) is 28.5 Å². The highest BCUT2D eigenvalue weighted by atomic mass is 16.1. The Morgan fingerprint density at radius 1 is 1.17 bits per heavy atom. The lowest BCUT2D eigenvalue weighted by Gasteiger charge is -2.09. The van der Waals surface area contributed by atoms with E-state index in [1.807, 2.05) is 74.4 Å². The Labute approximate surface area is 169 Å². The van der Waals surface area contributed by atoms with Crippen LogP contribution in [-0.2, 0) is 13.6 Å². The van der Waals surface area contributed by atoms with Crippen molar-refractivity contribution >= 4 is 16.9 Å². The number of pyridine rings is 1. The van der Waals surface area contributed by atoms with Gasteiger partial charge in [-0.1, -0.05) is 30.3 Å². The lowest BCUT2D eigenvalue weighted by molar-refractivity contribution is 0.0954. The van der Waals surface area contributed by atoms with Crippen LogP contribution in [0.3, 0.4) is 0 Å². The van der Waals surface area contributed by atoms with E-state index in [1.54, 1.807) is 4.68 Å². The van der Waals surface area contributed by atoms with Crippen LogP contribution in [0.2, 0.25) is 0 Å². The molecule has 0 radical (unpaired) electrons. The molecule has 0 atom stereocenters. The van der Waals surface area contributed by atoms with Gasteiger partial charge in [0.15, 0.2) is 5.65 Å². The van der Waals surface area contributed by atoms with E-state index in [9.17, 15) is 4.79 Å². The van der Waals surface area contributed by atoms with Gasteiger partial charge in [0, 0.05) is 31.9 Å². The average molecular weight is 388 g/mol. The third-order valence-electron chi connectivity index (χ3n) is 4.89. The summed E-state index contributed by atoms with van der Waals surface area (Å²) < 4.78 is 3.62. The van der Waals surface area contributed by atoms with Gasteiger partial charge in [-0.05, 0) is 31.9 Å². The SMILES string of the molecule is Cc1cnn(CCCNC(=O)c2cc(-c3ccccc3)nc3c2c(C)nn3C)c1. The molecule has 0 aliphatic carbocycles. The summed E-state index contributed by atoms with van der Waals surface area (Å²) in [5.74, 6) is -0.109. The van der Waals surface area contributed by atoms with Crippen molar-refractivity contribution in [3.05, 3.63) is 65.6 Å². The van der Waals surface area contributed by atoms with Gasteiger partial charge in [0.25, 0.3) is 5.91 Å². The summed E-state index contributed by atoms with van der Waals surface area (Å²) in [6.07, 6.45) is 4.64. The van der Waals surface area contributed by atoms with Gasteiger partial charge >= 0.3 is 0 Å². The fraction of sp³-hybridized carbons (Fsp3) is 0.273. The van der Waals surface area contributed by atoms with Crippen LogP contribution in [0.1, 0.15) is 28.0 Å². The maximum atomic E-state index is 13.0. The molecule has 7 nitrogen and oxygen atoms in total. The molecule has 0 aliphatic rings. The van der Waals surface area contributed by atoms with E-state index in [0.717, 1.165) is 40.9 Å². The Bertz CT molecular complexity index is 1160. The Morgan fingerprint density at radius 2 is 1.97 bits per heavy atom. The highest BCUT2D eigenvalue weighted by molar-refractivity contribution is 6.07. The van der Waals surface area contributed by atoms with Gasteiger partial charge in [-0.2, -0.15) is 10.2 Å². The molecule has 4 aromatic rings. The minimum absolute atomic E-state index is 0.109. The standard InChI is InChI=1S/C22H24N6O/c1-15-13-24-28(14-15)11-7-10-23-22(29)18-12-19(17-8-5-4-6-9-17)25-21-20(18)16(2)26-27(21)3/h4-6,8-9,12-14H,7,10-11H2,1-3H3,(H,23,29). The van der Waals surface area contributed by atoms with Gasteiger partial charge in [-0.25, -0.2) is 4.98 Å². The molecule has 29 heavy (non-hydrogen) atoms. The van der Waals surface area contributed by atoms with Crippen molar-refractivity contribution in [3.8, 4) is 11.3 Å². The van der Waals surface area contributed by atoms with Crippen LogP contribution in [0, 0.1) is 13.8 Å². The number of rotatable bonds is 6. The quantitative estimate of drug-likeness (QED) is 0.514. The first kappa shape index (κ1) is 18.9. The van der Waals surface area contributed by atoms with Gasteiger partial charge in [0.1, 0.15) is 0 Å². The largest absolute Gasteiger partial charge is 0.352 e. The van der Waals surface area contributed by atoms with Crippen LogP contribution in [0.15, 0.2) is 48.8 Å². The summed E-state index contributed by atoms with van der Waals surface area (Å²) in [5.41, 5.74) is 4.98. The Morgan fingerprint density at radius 3 is 2.69 bits per heavy atom. The van der Waals surface area contributed by atoms with Crippen LogP contribution >= 0.6 is 0 Å². The summed E-state index contributed by atoms with van der Waals surface area (Å²) >= 11 is 0. The maximum Gasteiger partial charge on any atom is 0.252 e. The number of benzene rings is 1. The molecular formula is C22H24N6O. The summed E-state index contributed by atoms with van der Waals surface area (Å²) in [5, 5.41) is 12.6. The van der Waals surface area contributed by atoms with Gasteiger partial charge in [-0.3, -0.25) is 14.2 Å². The van der Waals surface area contributed by atoms with Crippen molar-refractivity contribution in [1.29, 1.82) is 0 Å². The lowest BCUT2D eigenvalue weighted by atomic mass is 10.0. The van der Waals surface area contributed by atoms with Crippen LogP contribution in [0.25, 0.3) is 22.3 Å². The maximum absolute atomic E-state index is 13.0. The predicted molar refractivity (Wildman–Crippen MR) is 113 cm³/mol. The molecule has 0 bridgehead atoms. The number of carbonyl (C=O) groups excluding carboxylic acids is 1. The Kier molecular flexibility index (Phi) is 5.12. The summed E-state index contributed by atoms with van der Waals surface area (Å²) in [6, 6.07) is 11.7. The Hall–Kier alpha value is -3.48. The molecule has 1 amide bonds. The fourth-order valence-electron chi connectivity index (χ4n) is 3.51. The summed E-state index contributed by atoms with van der Waals surface area (Å²) in [6.45, 7) is 5.26. The third-order valence-corrected chi connectivity index (χ3v) is 4.89. The van der Waals surface area contributed by atoms with E-state index >= 15 is 0 Å². The number of aryl methyl sites for hydroxylation is 4. The number of aromatic nitrogens is 5. The van der Waals surface area contributed by atoms with Gasteiger partial charge in [0.2, 0.25) is 0 Å². The second kappa shape index (κ2) is 7.87. The van der Waals surface area contributed by atoms with Crippen LogP contribution in [-0.4, -0.2) is 37.0 Å². The minimum Gasteiger partial charge on any atom is -0.352 e. The van der Waals surface area contributed by atoms with Crippen molar-refractivity contribution < 1.29 is 4.79 Å². The van der Waals surface area contributed by atoms with Gasteiger partial charge in [-0.15, -0.1) is 0 Å². The zero-order chi connectivity index (χ0) is 20.4. The van der Waals surface area contributed by atoms with Crippen LogP contribution in [0.4, 0.5) is 0 Å².